The molecule has 0 aromatic heterocycles. The highest BCUT2D eigenvalue weighted by atomic mass is 79.9. The first-order valence-electron chi connectivity index (χ1n) is 7.12. The maximum absolute atomic E-state index is 5.95. The summed E-state index contributed by atoms with van der Waals surface area (Å²) in [7, 11) is 0. The van der Waals surface area contributed by atoms with E-state index < -0.39 is 0 Å². The summed E-state index contributed by atoms with van der Waals surface area (Å²) in [5, 5.41) is 3.46. The Bertz CT molecular complexity index is 379. The lowest BCUT2D eigenvalue weighted by molar-refractivity contribution is 0.206. The summed E-state index contributed by atoms with van der Waals surface area (Å²) < 4.78 is 6.99. The molecule has 0 heterocycles. The van der Waals surface area contributed by atoms with E-state index in [0.717, 1.165) is 42.1 Å². The fraction of sp³-hybridized carbons (Fsp3) is 0.625. The molecule has 0 saturated carbocycles. The van der Waals surface area contributed by atoms with E-state index in [-0.39, 0.29) is 6.10 Å². The maximum atomic E-state index is 5.95. The molecule has 1 aromatic rings. The summed E-state index contributed by atoms with van der Waals surface area (Å²) >= 11 is 3.55. The first kappa shape index (κ1) is 16.5. The molecule has 0 spiro atoms. The van der Waals surface area contributed by atoms with Gasteiger partial charge in [-0.15, -0.1) is 0 Å². The van der Waals surface area contributed by atoms with Crippen molar-refractivity contribution in [3.8, 4) is 5.75 Å². The molecule has 1 aromatic carbocycles. The third-order valence-electron chi connectivity index (χ3n) is 2.93. The summed E-state index contributed by atoms with van der Waals surface area (Å²) in [5.41, 5.74) is 1.24. The van der Waals surface area contributed by atoms with Crippen molar-refractivity contribution in [1.29, 1.82) is 0 Å². The number of benzene rings is 1. The normalized spacial score (nSPS) is 12.7. The third kappa shape index (κ3) is 6.98. The molecule has 0 radical (unpaired) electrons. The number of ether oxygens (including phenoxy) is 1. The van der Waals surface area contributed by atoms with Gasteiger partial charge in [0.05, 0.1) is 10.6 Å². The van der Waals surface area contributed by atoms with Crippen LogP contribution >= 0.6 is 15.9 Å². The number of rotatable bonds is 8. The van der Waals surface area contributed by atoms with Crippen molar-refractivity contribution >= 4 is 15.9 Å². The van der Waals surface area contributed by atoms with Gasteiger partial charge in [-0.1, -0.05) is 19.9 Å². The van der Waals surface area contributed by atoms with Crippen LogP contribution in [0.1, 0.15) is 39.2 Å². The van der Waals surface area contributed by atoms with E-state index in [9.17, 15) is 0 Å². The Morgan fingerprint density at radius 3 is 2.63 bits per heavy atom. The molecule has 0 bridgehead atoms. The Morgan fingerprint density at radius 1 is 1.26 bits per heavy atom. The van der Waals surface area contributed by atoms with Crippen molar-refractivity contribution in [3.63, 3.8) is 0 Å². The molecular weight excluding hydrogens is 302 g/mol. The molecule has 0 aliphatic heterocycles. The lowest BCUT2D eigenvalue weighted by atomic mass is 10.2. The number of hydrogen-bond donors (Lipinski definition) is 1. The van der Waals surface area contributed by atoms with Crippen LogP contribution in [0.25, 0.3) is 0 Å². The smallest absolute Gasteiger partial charge is 0.133 e. The average Bonchev–Trinajstić information content (AvgIpc) is 2.32. The molecule has 0 saturated heterocycles. The Kier molecular flexibility index (Phi) is 7.47. The van der Waals surface area contributed by atoms with Gasteiger partial charge in [0.1, 0.15) is 5.75 Å². The van der Waals surface area contributed by atoms with Crippen LogP contribution in [-0.4, -0.2) is 19.2 Å². The molecule has 1 rings (SSSR count). The second-order valence-electron chi connectivity index (χ2n) is 5.60. The van der Waals surface area contributed by atoms with Crippen LogP contribution in [0.4, 0.5) is 0 Å². The monoisotopic (exact) mass is 327 g/mol. The lowest BCUT2D eigenvalue weighted by Crippen LogP contribution is -2.22. The van der Waals surface area contributed by atoms with Crippen molar-refractivity contribution in [3.05, 3.63) is 28.2 Å². The number of hydrogen-bond acceptors (Lipinski definition) is 2. The molecule has 0 aliphatic carbocycles. The zero-order valence-corrected chi connectivity index (χ0v) is 14.1. The summed E-state index contributed by atoms with van der Waals surface area (Å²) in [6.45, 7) is 10.8. The second kappa shape index (κ2) is 8.60. The van der Waals surface area contributed by atoms with Gasteiger partial charge < -0.3 is 10.1 Å². The molecule has 19 heavy (non-hydrogen) atoms. The highest BCUT2D eigenvalue weighted by Crippen LogP contribution is 2.27. The predicted octanol–water partition coefficient (Wildman–Crippen LogP) is 4.55. The minimum absolute atomic E-state index is 0.250. The minimum Gasteiger partial charge on any atom is -0.490 e. The molecule has 1 N–H and O–H groups in total. The highest BCUT2D eigenvalue weighted by Gasteiger charge is 2.07. The van der Waals surface area contributed by atoms with Crippen LogP contribution in [0.5, 0.6) is 5.75 Å². The van der Waals surface area contributed by atoms with Crippen molar-refractivity contribution in [1.82, 2.24) is 5.32 Å². The molecular formula is C16H26BrNO. The van der Waals surface area contributed by atoms with Crippen molar-refractivity contribution in [2.24, 2.45) is 5.92 Å². The standard InChI is InChI=1S/C16H26BrNO/c1-12(2)11-18-9-5-6-14(4)19-16-8-7-13(3)10-15(16)17/h7-8,10,12,14,18H,5-6,9,11H2,1-4H3. The van der Waals surface area contributed by atoms with Gasteiger partial charge in [0.15, 0.2) is 0 Å². The fourth-order valence-corrected chi connectivity index (χ4v) is 2.47. The average molecular weight is 328 g/mol. The van der Waals surface area contributed by atoms with Crippen LogP contribution in [0.3, 0.4) is 0 Å². The van der Waals surface area contributed by atoms with Gasteiger partial charge in [0.2, 0.25) is 0 Å². The van der Waals surface area contributed by atoms with Crippen LogP contribution in [0, 0.1) is 12.8 Å². The second-order valence-corrected chi connectivity index (χ2v) is 6.46. The zero-order chi connectivity index (χ0) is 14.3. The zero-order valence-electron chi connectivity index (χ0n) is 12.5. The van der Waals surface area contributed by atoms with Gasteiger partial charge >= 0.3 is 0 Å². The third-order valence-corrected chi connectivity index (χ3v) is 3.55. The Labute approximate surface area is 126 Å². The minimum atomic E-state index is 0.250. The van der Waals surface area contributed by atoms with Crippen LogP contribution < -0.4 is 10.1 Å². The van der Waals surface area contributed by atoms with E-state index in [2.05, 4.69) is 61.1 Å². The lowest BCUT2D eigenvalue weighted by Gasteiger charge is -2.16. The summed E-state index contributed by atoms with van der Waals surface area (Å²) in [5.74, 6) is 1.66. The molecule has 0 fully saturated rings. The first-order valence-corrected chi connectivity index (χ1v) is 7.92. The van der Waals surface area contributed by atoms with E-state index in [4.69, 9.17) is 4.74 Å². The maximum Gasteiger partial charge on any atom is 0.133 e. The van der Waals surface area contributed by atoms with E-state index in [1.165, 1.54) is 5.56 Å². The predicted molar refractivity (Wildman–Crippen MR) is 85.9 cm³/mol. The van der Waals surface area contributed by atoms with Crippen LogP contribution in [-0.2, 0) is 0 Å². The Balaban J connectivity index is 2.25. The van der Waals surface area contributed by atoms with Crippen molar-refractivity contribution < 1.29 is 4.74 Å². The van der Waals surface area contributed by atoms with Gasteiger partial charge in [0.25, 0.3) is 0 Å². The Hall–Kier alpha value is -0.540. The number of halogens is 1. The van der Waals surface area contributed by atoms with Gasteiger partial charge in [-0.3, -0.25) is 0 Å². The topological polar surface area (TPSA) is 21.3 Å². The molecule has 0 amide bonds. The molecule has 1 unspecified atom stereocenters. The summed E-state index contributed by atoms with van der Waals surface area (Å²) in [6, 6.07) is 6.20. The van der Waals surface area contributed by atoms with Crippen LogP contribution in [0.2, 0.25) is 0 Å². The SMILES string of the molecule is Cc1ccc(OC(C)CCCNCC(C)C)c(Br)c1. The van der Waals surface area contributed by atoms with E-state index in [0.29, 0.717) is 0 Å². The van der Waals surface area contributed by atoms with Crippen LogP contribution in [0.15, 0.2) is 22.7 Å². The molecule has 108 valence electrons. The molecule has 0 aliphatic rings. The van der Waals surface area contributed by atoms with Gasteiger partial charge in [-0.25, -0.2) is 0 Å². The van der Waals surface area contributed by atoms with Crippen molar-refractivity contribution in [2.75, 3.05) is 13.1 Å². The highest BCUT2D eigenvalue weighted by molar-refractivity contribution is 9.10. The summed E-state index contributed by atoms with van der Waals surface area (Å²) in [4.78, 5) is 0. The number of aryl methyl sites for hydroxylation is 1. The quantitative estimate of drug-likeness (QED) is 0.707. The number of nitrogens with one attached hydrogen (secondary N) is 1. The van der Waals surface area contributed by atoms with E-state index in [1.54, 1.807) is 0 Å². The fourth-order valence-electron chi connectivity index (χ4n) is 1.88. The molecule has 3 heteroatoms. The molecule has 1 atom stereocenters. The molecule has 2 nitrogen and oxygen atoms in total. The van der Waals surface area contributed by atoms with E-state index >= 15 is 0 Å². The van der Waals surface area contributed by atoms with Gasteiger partial charge in [-0.05, 0) is 79.3 Å². The summed E-state index contributed by atoms with van der Waals surface area (Å²) in [6.07, 6.45) is 2.47. The largest absolute Gasteiger partial charge is 0.490 e. The van der Waals surface area contributed by atoms with Gasteiger partial charge in [-0.2, -0.15) is 0 Å². The first-order chi connectivity index (χ1) is 8.99. The van der Waals surface area contributed by atoms with Crippen molar-refractivity contribution in [2.45, 2.75) is 46.6 Å². The Morgan fingerprint density at radius 2 is 2.00 bits per heavy atom. The van der Waals surface area contributed by atoms with E-state index in [1.807, 2.05) is 6.07 Å². The van der Waals surface area contributed by atoms with Gasteiger partial charge in [0, 0.05) is 0 Å².